The number of ether oxygens (including phenoxy) is 1. The molecule has 0 radical (unpaired) electrons. The van der Waals surface area contributed by atoms with Gasteiger partial charge in [-0.15, -0.1) is 0 Å². The second kappa shape index (κ2) is 7.69. The van der Waals surface area contributed by atoms with E-state index < -0.39 is 28.1 Å². The molecule has 0 spiro atoms. The Labute approximate surface area is 124 Å². The number of rotatable bonds is 6. The molecule has 0 aliphatic carbocycles. The number of nitrogens with zero attached hydrogens (tertiary/aromatic N) is 1. The van der Waals surface area contributed by atoms with E-state index in [1.807, 2.05) is 0 Å². The van der Waals surface area contributed by atoms with Crippen LogP contribution in [0.2, 0.25) is 0 Å². The summed E-state index contributed by atoms with van der Waals surface area (Å²) in [6.45, 7) is 2.75. The zero-order chi connectivity index (χ0) is 16.0. The van der Waals surface area contributed by atoms with Crippen molar-refractivity contribution in [2.45, 2.75) is 25.8 Å². The van der Waals surface area contributed by atoms with E-state index in [4.69, 9.17) is 15.6 Å². The minimum absolute atomic E-state index is 0.0598. The van der Waals surface area contributed by atoms with Gasteiger partial charge in [0.05, 0.1) is 6.61 Å². The maximum Gasteiger partial charge on any atom is 0.332 e. The molecular weight excluding hydrogens is 300 g/mol. The van der Waals surface area contributed by atoms with Crippen LogP contribution in [0.25, 0.3) is 0 Å². The first-order valence-corrected chi connectivity index (χ1v) is 8.27. The van der Waals surface area contributed by atoms with Crippen LogP contribution in [0.5, 0.6) is 0 Å². The SMILES string of the molecule is CCOC(=O)C(N)C(=O)N1CCCC(CNS(N)(=O)=O)C1. The number of nitrogens with one attached hydrogen (secondary N) is 1. The molecule has 1 rings (SSSR count). The molecule has 10 heteroatoms. The van der Waals surface area contributed by atoms with E-state index in [1.165, 1.54) is 4.90 Å². The van der Waals surface area contributed by atoms with E-state index in [-0.39, 0.29) is 19.1 Å². The molecule has 0 bridgehead atoms. The summed E-state index contributed by atoms with van der Waals surface area (Å²) in [6.07, 6.45) is 1.47. The standard InChI is InChI=1S/C11H22N4O5S/c1-2-20-11(17)9(12)10(16)15-5-3-4-8(7-15)6-14-21(13,18)19/h8-9,14H,2-7,12H2,1H3,(H2,13,18,19). The fourth-order valence-electron chi connectivity index (χ4n) is 2.20. The zero-order valence-electron chi connectivity index (χ0n) is 11.9. The second-order valence-electron chi connectivity index (χ2n) is 4.92. The van der Waals surface area contributed by atoms with Crippen molar-refractivity contribution < 1.29 is 22.7 Å². The van der Waals surface area contributed by atoms with Crippen LogP contribution < -0.4 is 15.6 Å². The third-order valence-corrected chi connectivity index (χ3v) is 3.78. The third kappa shape index (κ3) is 5.96. The van der Waals surface area contributed by atoms with Gasteiger partial charge in [-0.05, 0) is 25.7 Å². The predicted molar refractivity (Wildman–Crippen MR) is 75.0 cm³/mol. The highest BCUT2D eigenvalue weighted by Gasteiger charge is 2.31. The lowest BCUT2D eigenvalue weighted by molar-refractivity contribution is -0.151. The number of amides is 1. The van der Waals surface area contributed by atoms with Crippen molar-refractivity contribution in [2.75, 3.05) is 26.2 Å². The maximum absolute atomic E-state index is 12.1. The average Bonchev–Trinajstić information content (AvgIpc) is 2.43. The first-order valence-electron chi connectivity index (χ1n) is 6.73. The molecular formula is C11H22N4O5S. The minimum atomic E-state index is -3.75. The van der Waals surface area contributed by atoms with Gasteiger partial charge in [0.15, 0.2) is 6.04 Å². The lowest BCUT2D eigenvalue weighted by atomic mass is 9.98. The Bertz CT molecular complexity index is 481. The molecule has 1 aliphatic rings. The van der Waals surface area contributed by atoms with Crippen molar-refractivity contribution in [1.82, 2.24) is 9.62 Å². The molecule has 5 N–H and O–H groups in total. The van der Waals surface area contributed by atoms with E-state index in [0.29, 0.717) is 19.5 Å². The van der Waals surface area contributed by atoms with Crippen LogP contribution in [0.1, 0.15) is 19.8 Å². The molecule has 21 heavy (non-hydrogen) atoms. The summed E-state index contributed by atoms with van der Waals surface area (Å²) < 4.78 is 28.7. The quantitative estimate of drug-likeness (QED) is 0.377. The Balaban J connectivity index is 2.55. The van der Waals surface area contributed by atoms with Crippen LogP contribution >= 0.6 is 0 Å². The van der Waals surface area contributed by atoms with Crippen molar-refractivity contribution >= 4 is 22.1 Å². The highest BCUT2D eigenvalue weighted by Crippen LogP contribution is 2.16. The summed E-state index contributed by atoms with van der Waals surface area (Å²) in [5.41, 5.74) is 5.57. The fraction of sp³-hybridized carbons (Fsp3) is 0.818. The number of esters is 1. The Kier molecular flexibility index (Phi) is 6.52. The summed E-state index contributed by atoms with van der Waals surface area (Å²) in [6, 6.07) is -1.34. The predicted octanol–water partition coefficient (Wildman–Crippen LogP) is -2.09. The minimum Gasteiger partial charge on any atom is -0.464 e. The first kappa shape index (κ1) is 17.8. The average molecular weight is 322 g/mol. The number of carbonyl (C=O) groups excluding carboxylic acids is 2. The van der Waals surface area contributed by atoms with E-state index >= 15 is 0 Å². The molecule has 1 fully saturated rings. The molecule has 0 saturated carbocycles. The molecule has 1 saturated heterocycles. The van der Waals surface area contributed by atoms with E-state index in [9.17, 15) is 18.0 Å². The van der Waals surface area contributed by atoms with Gasteiger partial charge in [-0.2, -0.15) is 8.42 Å². The Hall–Kier alpha value is -1.23. The van der Waals surface area contributed by atoms with E-state index in [2.05, 4.69) is 4.72 Å². The molecule has 0 aromatic carbocycles. The van der Waals surface area contributed by atoms with Gasteiger partial charge in [0, 0.05) is 19.6 Å². The second-order valence-corrected chi connectivity index (χ2v) is 6.29. The van der Waals surface area contributed by atoms with Gasteiger partial charge in [0.25, 0.3) is 16.1 Å². The summed E-state index contributed by atoms with van der Waals surface area (Å²) in [5, 5.41) is 4.87. The smallest absolute Gasteiger partial charge is 0.332 e. The topological polar surface area (TPSA) is 145 Å². The maximum atomic E-state index is 12.1. The summed E-state index contributed by atoms with van der Waals surface area (Å²) in [5.74, 6) is -1.32. The van der Waals surface area contributed by atoms with Gasteiger partial charge in [-0.3, -0.25) is 4.79 Å². The normalized spacial score (nSPS) is 20.9. The van der Waals surface area contributed by atoms with E-state index in [0.717, 1.165) is 6.42 Å². The number of nitrogens with two attached hydrogens (primary N) is 2. The van der Waals surface area contributed by atoms with Gasteiger partial charge >= 0.3 is 5.97 Å². The summed E-state index contributed by atoms with van der Waals surface area (Å²) in [7, 11) is -3.75. The molecule has 1 aliphatic heterocycles. The zero-order valence-corrected chi connectivity index (χ0v) is 12.8. The van der Waals surface area contributed by atoms with Gasteiger partial charge in [-0.25, -0.2) is 14.7 Å². The van der Waals surface area contributed by atoms with Crippen molar-refractivity contribution in [2.24, 2.45) is 16.8 Å². The highest BCUT2D eigenvalue weighted by molar-refractivity contribution is 7.87. The number of hydrogen-bond acceptors (Lipinski definition) is 6. The molecule has 9 nitrogen and oxygen atoms in total. The third-order valence-electron chi connectivity index (χ3n) is 3.21. The lowest BCUT2D eigenvalue weighted by Crippen LogP contribution is -2.52. The fourth-order valence-corrected chi connectivity index (χ4v) is 2.66. The van der Waals surface area contributed by atoms with Crippen molar-refractivity contribution in [3.05, 3.63) is 0 Å². The molecule has 2 atom stereocenters. The van der Waals surface area contributed by atoms with Crippen molar-refractivity contribution in [3.8, 4) is 0 Å². The number of likely N-dealkylation sites (tertiary alicyclic amines) is 1. The van der Waals surface area contributed by atoms with Crippen LogP contribution in [0.4, 0.5) is 0 Å². The lowest BCUT2D eigenvalue weighted by Gasteiger charge is -2.33. The molecule has 1 amide bonds. The van der Waals surface area contributed by atoms with Gasteiger partial charge in [-0.1, -0.05) is 0 Å². The van der Waals surface area contributed by atoms with Crippen LogP contribution in [0.3, 0.4) is 0 Å². The van der Waals surface area contributed by atoms with Gasteiger partial charge in [0.2, 0.25) is 0 Å². The Morgan fingerprint density at radius 2 is 2.14 bits per heavy atom. The highest BCUT2D eigenvalue weighted by atomic mass is 32.2. The Morgan fingerprint density at radius 1 is 1.48 bits per heavy atom. The largest absolute Gasteiger partial charge is 0.464 e. The van der Waals surface area contributed by atoms with Gasteiger partial charge in [0.1, 0.15) is 0 Å². The first-order chi connectivity index (χ1) is 9.74. The molecule has 122 valence electrons. The molecule has 0 aromatic rings. The molecule has 0 aromatic heterocycles. The van der Waals surface area contributed by atoms with Crippen LogP contribution in [-0.2, 0) is 24.5 Å². The van der Waals surface area contributed by atoms with Crippen LogP contribution in [-0.4, -0.2) is 57.5 Å². The van der Waals surface area contributed by atoms with E-state index in [1.54, 1.807) is 6.92 Å². The monoisotopic (exact) mass is 322 g/mol. The summed E-state index contributed by atoms with van der Waals surface area (Å²) >= 11 is 0. The summed E-state index contributed by atoms with van der Waals surface area (Å²) in [4.78, 5) is 25.0. The van der Waals surface area contributed by atoms with Crippen LogP contribution in [0.15, 0.2) is 0 Å². The van der Waals surface area contributed by atoms with Gasteiger partial charge < -0.3 is 15.4 Å². The van der Waals surface area contributed by atoms with Crippen molar-refractivity contribution in [3.63, 3.8) is 0 Å². The van der Waals surface area contributed by atoms with Crippen molar-refractivity contribution in [1.29, 1.82) is 0 Å². The molecule has 2 unspecified atom stereocenters. The molecule has 1 heterocycles. The number of hydrogen-bond donors (Lipinski definition) is 3. The number of piperidine rings is 1. The number of carbonyl (C=O) groups is 2. The Morgan fingerprint density at radius 3 is 2.71 bits per heavy atom. The van der Waals surface area contributed by atoms with Crippen LogP contribution in [0, 0.1) is 5.92 Å².